The van der Waals surface area contributed by atoms with Gasteiger partial charge in [0, 0.05) is 112 Å². The number of carbonyl (C=O) groups is 2. The first kappa shape index (κ1) is 47.9. The molecule has 2 aromatic heterocycles. The fourth-order valence-electron chi connectivity index (χ4n) is 7.49. The van der Waals surface area contributed by atoms with Gasteiger partial charge in [0.25, 0.3) is 0 Å². The van der Waals surface area contributed by atoms with E-state index in [-0.39, 0.29) is 11.8 Å². The first-order valence-corrected chi connectivity index (χ1v) is 22.5. The van der Waals surface area contributed by atoms with E-state index in [0.717, 1.165) is 92.0 Å². The fraction of sp³-hybridized carbons (Fsp3) is 0.255. The van der Waals surface area contributed by atoms with Crippen molar-refractivity contribution in [2.24, 2.45) is 0 Å². The van der Waals surface area contributed by atoms with E-state index >= 15 is 0 Å². The molecule has 0 aliphatic carbocycles. The summed E-state index contributed by atoms with van der Waals surface area (Å²) in [6, 6.07) is 33.6. The Balaban J connectivity index is 0.000000202. The van der Waals surface area contributed by atoms with Crippen molar-refractivity contribution in [2.75, 3.05) is 115 Å². The highest BCUT2D eigenvalue weighted by Crippen LogP contribution is 2.32. The number of hydrogen-bond donors (Lipinski definition) is 6. The maximum absolute atomic E-state index is 11.5. The lowest BCUT2D eigenvalue weighted by Gasteiger charge is -2.34. The highest BCUT2D eigenvalue weighted by atomic mass is 16.5. The zero-order valence-corrected chi connectivity index (χ0v) is 38.9. The number of carbonyl (C=O) groups excluding carboxylic acids is 2. The quantitative estimate of drug-likeness (QED) is 0.0498. The molecule has 17 nitrogen and oxygen atoms in total. The van der Waals surface area contributed by atoms with Crippen molar-refractivity contribution in [2.45, 2.75) is 13.1 Å². The van der Waals surface area contributed by atoms with Gasteiger partial charge in [-0.25, -0.2) is 19.9 Å². The van der Waals surface area contributed by atoms with Gasteiger partial charge in [-0.15, -0.1) is 0 Å². The molecule has 0 unspecified atom stereocenters. The van der Waals surface area contributed by atoms with Crippen LogP contribution in [0.3, 0.4) is 0 Å². The summed E-state index contributed by atoms with van der Waals surface area (Å²) in [5.74, 6) is 3.04. The molecule has 0 bridgehead atoms. The summed E-state index contributed by atoms with van der Waals surface area (Å²) in [6.07, 6.45) is 5.54. The van der Waals surface area contributed by atoms with Crippen molar-refractivity contribution >= 4 is 69.2 Å². The molecule has 2 aliphatic heterocycles. The lowest BCUT2D eigenvalue weighted by Crippen LogP contribution is -2.44. The molecule has 4 heterocycles. The van der Waals surface area contributed by atoms with Gasteiger partial charge in [0.2, 0.25) is 11.8 Å². The molecular weight excluding hydrogens is 857 g/mol. The average Bonchev–Trinajstić information content (AvgIpc) is 3.36. The average molecular weight is 917 g/mol. The molecule has 0 radical (unpaired) electrons. The van der Waals surface area contributed by atoms with Gasteiger partial charge in [0.05, 0.1) is 12.8 Å². The van der Waals surface area contributed by atoms with Crippen molar-refractivity contribution in [3.05, 3.63) is 152 Å². The van der Waals surface area contributed by atoms with Gasteiger partial charge in [-0.3, -0.25) is 9.59 Å². The van der Waals surface area contributed by atoms with E-state index in [1.807, 2.05) is 66.7 Å². The summed E-state index contributed by atoms with van der Waals surface area (Å²) in [5.41, 5.74) is 7.66. The molecule has 0 spiro atoms. The first-order valence-electron chi connectivity index (χ1n) is 22.5. The molecule has 352 valence electrons. The van der Waals surface area contributed by atoms with E-state index in [1.165, 1.54) is 30.5 Å². The van der Waals surface area contributed by atoms with Gasteiger partial charge in [0.15, 0.2) is 0 Å². The number of likely N-dealkylation sites (N-methyl/N-ethyl adjacent to an activating group) is 2. The second-order valence-corrected chi connectivity index (χ2v) is 16.3. The van der Waals surface area contributed by atoms with Gasteiger partial charge in [0.1, 0.15) is 41.7 Å². The number of aromatic nitrogens is 4. The van der Waals surface area contributed by atoms with E-state index in [4.69, 9.17) is 4.74 Å². The zero-order chi connectivity index (χ0) is 47.7. The molecule has 68 heavy (non-hydrogen) atoms. The number of methoxy groups -OCH3 is 1. The van der Waals surface area contributed by atoms with E-state index in [0.29, 0.717) is 42.0 Å². The van der Waals surface area contributed by atoms with Crippen molar-refractivity contribution in [1.29, 1.82) is 0 Å². The Morgan fingerprint density at radius 1 is 0.559 bits per heavy atom. The molecule has 6 N–H and O–H groups in total. The number of nitrogens with zero attached hydrogens (tertiary/aromatic N) is 8. The van der Waals surface area contributed by atoms with Crippen LogP contribution in [-0.2, 0) is 22.7 Å². The third-order valence-corrected chi connectivity index (χ3v) is 11.4. The molecule has 4 aromatic carbocycles. The number of amides is 2. The van der Waals surface area contributed by atoms with Crippen LogP contribution in [-0.4, -0.2) is 115 Å². The van der Waals surface area contributed by atoms with Gasteiger partial charge in [-0.1, -0.05) is 37.4 Å². The Hall–Kier alpha value is -8.02. The lowest BCUT2D eigenvalue weighted by atomic mass is 10.2. The minimum Gasteiger partial charge on any atom is -0.494 e. The number of benzene rings is 4. The molecule has 6 aromatic rings. The number of nitrogens with one attached hydrogen (secondary N) is 6. The third kappa shape index (κ3) is 14.2. The Kier molecular flexibility index (Phi) is 16.9. The second-order valence-electron chi connectivity index (χ2n) is 16.3. The van der Waals surface area contributed by atoms with Gasteiger partial charge < -0.3 is 56.2 Å². The Bertz CT molecular complexity index is 2630. The number of piperazine rings is 2. The summed E-state index contributed by atoms with van der Waals surface area (Å²) < 4.78 is 5.66. The van der Waals surface area contributed by atoms with Crippen LogP contribution < -0.4 is 46.4 Å². The molecular formula is C51H60N14O3. The second kappa shape index (κ2) is 24.0. The van der Waals surface area contributed by atoms with Gasteiger partial charge >= 0.3 is 0 Å². The SMILES string of the molecule is C=CC(=O)Nc1cccc(CNc2cc(Nc3ccc(N4CCN(C)CC4)cc3)ncn2)c1.C=CC(=O)Nc1cccc(CNc2cc(Nc3ccc(N4CCN(C)CC4)cc3OC)ncn2)c1. The van der Waals surface area contributed by atoms with E-state index in [1.54, 1.807) is 7.11 Å². The molecule has 2 saturated heterocycles. The predicted octanol–water partition coefficient (Wildman–Crippen LogP) is 7.43. The van der Waals surface area contributed by atoms with Crippen molar-refractivity contribution in [3.63, 3.8) is 0 Å². The van der Waals surface area contributed by atoms with Crippen molar-refractivity contribution in [1.82, 2.24) is 29.7 Å². The minimum absolute atomic E-state index is 0.233. The number of rotatable bonds is 17. The molecule has 17 heteroatoms. The molecule has 2 aliphatic rings. The molecule has 0 saturated carbocycles. The van der Waals surface area contributed by atoms with E-state index < -0.39 is 0 Å². The zero-order valence-electron chi connectivity index (χ0n) is 38.9. The topological polar surface area (TPSA) is 180 Å². The third-order valence-electron chi connectivity index (χ3n) is 11.4. The van der Waals surface area contributed by atoms with Crippen LogP contribution >= 0.6 is 0 Å². The molecule has 2 amide bonds. The molecule has 2 fully saturated rings. The number of ether oxygens (including phenoxy) is 1. The van der Waals surface area contributed by atoms with Crippen LogP contribution in [0.4, 0.5) is 57.4 Å². The van der Waals surface area contributed by atoms with Crippen LogP contribution in [0.15, 0.2) is 141 Å². The van der Waals surface area contributed by atoms with Crippen LogP contribution in [0.25, 0.3) is 0 Å². The van der Waals surface area contributed by atoms with E-state index in [2.05, 4.69) is 135 Å². The highest BCUT2D eigenvalue weighted by molar-refractivity contribution is 5.99. The normalized spacial score (nSPS) is 13.8. The Labute approximate surface area is 398 Å². The summed E-state index contributed by atoms with van der Waals surface area (Å²) in [5, 5.41) is 18.8. The van der Waals surface area contributed by atoms with Crippen LogP contribution in [0.1, 0.15) is 11.1 Å². The van der Waals surface area contributed by atoms with Gasteiger partial charge in [-0.2, -0.15) is 0 Å². The summed E-state index contributed by atoms with van der Waals surface area (Å²) >= 11 is 0. The maximum atomic E-state index is 11.5. The van der Waals surface area contributed by atoms with Crippen molar-refractivity contribution < 1.29 is 14.3 Å². The minimum atomic E-state index is -0.242. The van der Waals surface area contributed by atoms with Gasteiger partial charge in [-0.05, 0) is 98.0 Å². The summed E-state index contributed by atoms with van der Waals surface area (Å²) in [7, 11) is 5.99. The summed E-state index contributed by atoms with van der Waals surface area (Å²) in [4.78, 5) is 49.8. The monoisotopic (exact) mass is 916 g/mol. The first-order chi connectivity index (χ1) is 33.1. The largest absolute Gasteiger partial charge is 0.494 e. The van der Waals surface area contributed by atoms with Crippen LogP contribution in [0.2, 0.25) is 0 Å². The Morgan fingerprint density at radius 2 is 1.03 bits per heavy atom. The number of anilines is 10. The van der Waals surface area contributed by atoms with Crippen LogP contribution in [0, 0.1) is 0 Å². The number of hydrogen-bond acceptors (Lipinski definition) is 15. The standard InChI is InChI=1S/C26H31N7O2.C25H29N7O/c1-4-26(34)30-20-7-5-6-19(14-20)17-27-24-16-25(29-18-28-24)31-22-9-8-21(15-23(22)35-3)33-12-10-32(2)11-13-33;1-3-25(33)30-21-6-4-5-19(15-21)17-26-23-16-24(28-18-27-23)29-20-7-9-22(10-8-20)32-13-11-31(2)12-14-32/h4-9,14-16,18H,1,10-13,17H2,2-3H3,(H,30,34)(H2,27,28,29,31);3-10,15-16,18H,1,11-14,17H2,2H3,(H,30,33)(H2,26,27,28,29). The Morgan fingerprint density at radius 3 is 1.53 bits per heavy atom. The van der Waals surface area contributed by atoms with Crippen LogP contribution in [0.5, 0.6) is 5.75 Å². The molecule has 8 rings (SSSR count). The maximum Gasteiger partial charge on any atom is 0.247 e. The van der Waals surface area contributed by atoms with Crippen molar-refractivity contribution in [3.8, 4) is 5.75 Å². The van der Waals surface area contributed by atoms with E-state index in [9.17, 15) is 9.59 Å². The smallest absolute Gasteiger partial charge is 0.247 e. The molecule has 0 atom stereocenters. The fourth-order valence-corrected chi connectivity index (χ4v) is 7.49. The highest BCUT2D eigenvalue weighted by Gasteiger charge is 2.17. The summed E-state index contributed by atoms with van der Waals surface area (Å²) in [6.45, 7) is 16.4. The predicted molar refractivity (Wildman–Crippen MR) is 275 cm³/mol. The lowest BCUT2D eigenvalue weighted by molar-refractivity contribution is -0.112.